The van der Waals surface area contributed by atoms with Crippen molar-refractivity contribution >= 4 is 0 Å². The van der Waals surface area contributed by atoms with Gasteiger partial charge in [-0.05, 0) is 6.08 Å². The maximum Gasteiger partial charge on any atom is 0.331 e. The summed E-state index contributed by atoms with van der Waals surface area (Å²) in [6.45, 7) is -0.641. The SMILES string of the molecule is O=c1ccn([C@]2(C=CF)O[C@H](CO)[C@@H](O)[C@H]2O)c(=O)[nH]1. The molecule has 0 aliphatic carbocycles. The molecule has 2 heterocycles. The molecule has 110 valence electrons. The number of aliphatic hydroxyl groups excluding tert-OH is 3. The first-order valence-corrected chi connectivity index (χ1v) is 5.71. The number of aromatic amines is 1. The fourth-order valence-electron chi connectivity index (χ4n) is 2.18. The first-order chi connectivity index (χ1) is 9.46. The second-order valence-corrected chi connectivity index (χ2v) is 4.30. The number of hydrogen-bond acceptors (Lipinski definition) is 6. The summed E-state index contributed by atoms with van der Waals surface area (Å²) < 4.78 is 18.6. The largest absolute Gasteiger partial charge is 0.394 e. The lowest BCUT2D eigenvalue weighted by atomic mass is 10.0. The predicted octanol–water partition coefficient (Wildman–Crippen LogP) is -2.21. The highest BCUT2D eigenvalue weighted by Crippen LogP contribution is 2.35. The topological polar surface area (TPSA) is 125 Å². The lowest BCUT2D eigenvalue weighted by Crippen LogP contribution is -2.50. The highest BCUT2D eigenvalue weighted by molar-refractivity contribution is 5.10. The molecule has 0 amide bonds. The Balaban J connectivity index is 2.62. The van der Waals surface area contributed by atoms with Gasteiger partial charge in [-0.3, -0.25) is 14.3 Å². The lowest BCUT2D eigenvalue weighted by molar-refractivity contribution is -0.115. The number of rotatable bonds is 3. The molecule has 1 fully saturated rings. The van der Waals surface area contributed by atoms with Crippen LogP contribution in [-0.4, -0.2) is 49.8 Å². The van der Waals surface area contributed by atoms with Crippen LogP contribution in [0.5, 0.6) is 0 Å². The van der Waals surface area contributed by atoms with Crippen molar-refractivity contribution in [3.8, 4) is 0 Å². The number of H-pyrrole nitrogens is 1. The first-order valence-electron chi connectivity index (χ1n) is 5.71. The Labute approximate surface area is 111 Å². The summed E-state index contributed by atoms with van der Waals surface area (Å²) >= 11 is 0. The molecular formula is C11H13FN2O6. The molecular weight excluding hydrogens is 275 g/mol. The van der Waals surface area contributed by atoms with E-state index in [9.17, 15) is 24.2 Å². The van der Waals surface area contributed by atoms with Gasteiger partial charge < -0.3 is 20.1 Å². The molecule has 0 radical (unpaired) electrons. The zero-order chi connectivity index (χ0) is 14.9. The van der Waals surface area contributed by atoms with Crippen molar-refractivity contribution in [2.75, 3.05) is 6.61 Å². The number of nitrogens with one attached hydrogen (secondary N) is 1. The van der Waals surface area contributed by atoms with E-state index < -0.39 is 41.9 Å². The van der Waals surface area contributed by atoms with Crippen LogP contribution in [0.3, 0.4) is 0 Å². The third-order valence-corrected chi connectivity index (χ3v) is 3.15. The number of hydrogen-bond donors (Lipinski definition) is 4. The summed E-state index contributed by atoms with van der Waals surface area (Å²) in [5.74, 6) is 0. The van der Waals surface area contributed by atoms with Gasteiger partial charge in [-0.1, -0.05) is 0 Å². The van der Waals surface area contributed by atoms with E-state index in [0.29, 0.717) is 0 Å². The van der Waals surface area contributed by atoms with E-state index in [4.69, 9.17) is 9.84 Å². The smallest absolute Gasteiger partial charge is 0.331 e. The summed E-state index contributed by atoms with van der Waals surface area (Å²) in [5.41, 5.74) is -3.69. The monoisotopic (exact) mass is 288 g/mol. The van der Waals surface area contributed by atoms with E-state index in [0.717, 1.165) is 22.9 Å². The van der Waals surface area contributed by atoms with Gasteiger partial charge in [-0.2, -0.15) is 0 Å². The van der Waals surface area contributed by atoms with Gasteiger partial charge in [0.25, 0.3) is 5.56 Å². The Bertz CT molecular complexity index is 626. The van der Waals surface area contributed by atoms with Crippen LogP contribution in [0.15, 0.2) is 34.3 Å². The van der Waals surface area contributed by atoms with Crippen LogP contribution in [0, 0.1) is 0 Å². The number of ether oxygens (including phenoxy) is 1. The van der Waals surface area contributed by atoms with Crippen LogP contribution in [0.2, 0.25) is 0 Å². The van der Waals surface area contributed by atoms with E-state index >= 15 is 0 Å². The van der Waals surface area contributed by atoms with Gasteiger partial charge in [0, 0.05) is 12.3 Å². The molecule has 1 saturated heterocycles. The zero-order valence-corrected chi connectivity index (χ0v) is 10.1. The molecule has 2 rings (SSSR count). The summed E-state index contributed by atoms with van der Waals surface area (Å²) in [6, 6.07) is 0.976. The molecule has 0 saturated carbocycles. The number of aromatic nitrogens is 2. The van der Waals surface area contributed by atoms with Crippen LogP contribution in [0.1, 0.15) is 0 Å². The third kappa shape index (κ3) is 2.10. The van der Waals surface area contributed by atoms with Gasteiger partial charge in [0.15, 0.2) is 5.72 Å². The summed E-state index contributed by atoms with van der Waals surface area (Å²) in [5, 5.41) is 28.8. The standard InChI is InChI=1S/C11H13FN2O6/c12-3-2-11(9(18)8(17)6(5-15)20-11)14-4-1-7(16)13-10(14)19/h1-4,6,8-9,15,17-18H,5H2,(H,13,16,19)/t6-,8-,9-,11-/m1/s1. The summed E-state index contributed by atoms with van der Waals surface area (Å²) in [4.78, 5) is 24.7. The minimum absolute atomic E-state index is 0.0350. The fourth-order valence-corrected chi connectivity index (χ4v) is 2.18. The van der Waals surface area contributed by atoms with Gasteiger partial charge in [0.05, 0.1) is 12.9 Å². The number of nitrogens with zero attached hydrogens (tertiary/aromatic N) is 1. The maximum absolute atomic E-state index is 12.6. The average Bonchev–Trinajstić information content (AvgIpc) is 2.65. The molecule has 0 bridgehead atoms. The van der Waals surface area contributed by atoms with Gasteiger partial charge >= 0.3 is 5.69 Å². The Morgan fingerprint density at radius 1 is 1.50 bits per heavy atom. The van der Waals surface area contributed by atoms with E-state index in [1.54, 1.807) is 0 Å². The van der Waals surface area contributed by atoms with Crippen LogP contribution < -0.4 is 11.2 Å². The number of aliphatic hydroxyl groups is 3. The molecule has 20 heavy (non-hydrogen) atoms. The van der Waals surface area contributed by atoms with Gasteiger partial charge in [-0.15, -0.1) is 0 Å². The normalized spacial score (nSPS) is 33.9. The van der Waals surface area contributed by atoms with E-state index in [-0.39, 0.29) is 6.33 Å². The molecule has 4 atom stereocenters. The van der Waals surface area contributed by atoms with E-state index in [1.165, 1.54) is 0 Å². The predicted molar refractivity (Wildman–Crippen MR) is 63.5 cm³/mol. The molecule has 1 aromatic heterocycles. The van der Waals surface area contributed by atoms with E-state index in [1.807, 2.05) is 4.98 Å². The molecule has 4 N–H and O–H groups in total. The van der Waals surface area contributed by atoms with Gasteiger partial charge in [-0.25, -0.2) is 9.18 Å². The second kappa shape index (κ2) is 5.29. The van der Waals surface area contributed by atoms with Crippen molar-refractivity contribution in [1.82, 2.24) is 9.55 Å². The fraction of sp³-hybridized carbons (Fsp3) is 0.455. The first kappa shape index (κ1) is 14.6. The molecule has 1 aromatic rings. The van der Waals surface area contributed by atoms with Gasteiger partial charge in [0.1, 0.15) is 18.3 Å². The van der Waals surface area contributed by atoms with Crippen molar-refractivity contribution in [3.05, 3.63) is 45.5 Å². The number of halogens is 1. The van der Waals surface area contributed by atoms with Crippen LogP contribution in [-0.2, 0) is 10.5 Å². The molecule has 9 heteroatoms. The van der Waals surface area contributed by atoms with Crippen LogP contribution in [0.25, 0.3) is 0 Å². The van der Waals surface area contributed by atoms with Crippen molar-refractivity contribution in [3.63, 3.8) is 0 Å². The highest BCUT2D eigenvalue weighted by atomic mass is 19.1. The van der Waals surface area contributed by atoms with Crippen molar-refractivity contribution in [1.29, 1.82) is 0 Å². The second-order valence-electron chi connectivity index (χ2n) is 4.30. The maximum atomic E-state index is 12.6. The zero-order valence-electron chi connectivity index (χ0n) is 10.1. The Hall–Kier alpha value is -1.81. The molecule has 8 nitrogen and oxygen atoms in total. The van der Waals surface area contributed by atoms with Crippen molar-refractivity contribution < 1.29 is 24.4 Å². The Kier molecular flexibility index (Phi) is 3.86. The summed E-state index contributed by atoms with van der Waals surface area (Å²) in [7, 11) is 0. The molecule has 0 spiro atoms. The van der Waals surface area contributed by atoms with Crippen LogP contribution >= 0.6 is 0 Å². The highest BCUT2D eigenvalue weighted by Gasteiger charge is 2.54. The molecule has 0 aromatic carbocycles. The summed E-state index contributed by atoms with van der Waals surface area (Å²) in [6.07, 6.45) is -2.70. The Morgan fingerprint density at radius 3 is 2.70 bits per heavy atom. The Morgan fingerprint density at radius 2 is 2.20 bits per heavy atom. The minimum Gasteiger partial charge on any atom is -0.394 e. The van der Waals surface area contributed by atoms with Crippen LogP contribution in [0.4, 0.5) is 4.39 Å². The third-order valence-electron chi connectivity index (χ3n) is 3.15. The van der Waals surface area contributed by atoms with Crippen molar-refractivity contribution in [2.45, 2.75) is 24.0 Å². The lowest BCUT2D eigenvalue weighted by Gasteiger charge is -2.30. The average molecular weight is 288 g/mol. The van der Waals surface area contributed by atoms with E-state index in [2.05, 4.69) is 0 Å². The van der Waals surface area contributed by atoms with Crippen molar-refractivity contribution in [2.24, 2.45) is 0 Å². The quantitative estimate of drug-likeness (QED) is 0.499. The van der Waals surface area contributed by atoms with Gasteiger partial charge in [0.2, 0.25) is 0 Å². The molecule has 1 aliphatic heterocycles. The molecule has 1 aliphatic rings. The molecule has 0 unspecified atom stereocenters. The minimum atomic E-state index is -2.05.